The number of nitrogens with zero attached hydrogens (tertiary/aromatic N) is 1. The SMILES string of the molecule is NC[C@@H]1CN(Cc2ccccc2)C[C@@H](C(=O)O)O1. The second-order valence-electron chi connectivity index (χ2n) is 4.50. The van der Waals surface area contributed by atoms with Crippen LogP contribution in [-0.2, 0) is 16.1 Å². The first-order valence-electron chi connectivity index (χ1n) is 6.03. The molecule has 0 aliphatic carbocycles. The predicted molar refractivity (Wildman–Crippen MR) is 67.1 cm³/mol. The Morgan fingerprint density at radius 2 is 2.11 bits per heavy atom. The molecule has 0 saturated carbocycles. The summed E-state index contributed by atoms with van der Waals surface area (Å²) in [6.07, 6.45) is -0.987. The first-order valence-corrected chi connectivity index (χ1v) is 6.03. The van der Waals surface area contributed by atoms with E-state index in [4.69, 9.17) is 15.6 Å². The number of aliphatic carboxylic acids is 1. The fraction of sp³-hybridized carbons (Fsp3) is 0.462. The third-order valence-corrected chi connectivity index (χ3v) is 3.03. The number of hydrogen-bond donors (Lipinski definition) is 2. The maximum atomic E-state index is 11.0. The van der Waals surface area contributed by atoms with E-state index in [1.165, 1.54) is 5.56 Å². The summed E-state index contributed by atoms with van der Waals surface area (Å²) in [4.78, 5) is 13.1. The number of rotatable bonds is 4. The zero-order chi connectivity index (χ0) is 13.0. The summed E-state index contributed by atoms with van der Waals surface area (Å²) in [7, 11) is 0. The molecule has 1 aromatic rings. The summed E-state index contributed by atoms with van der Waals surface area (Å²) in [5, 5.41) is 9.04. The quantitative estimate of drug-likeness (QED) is 0.803. The Kier molecular flexibility index (Phi) is 4.30. The molecule has 0 bridgehead atoms. The van der Waals surface area contributed by atoms with E-state index in [0.717, 1.165) is 6.54 Å². The Bertz CT molecular complexity index is 396. The third-order valence-electron chi connectivity index (χ3n) is 3.03. The Hall–Kier alpha value is -1.43. The molecule has 0 radical (unpaired) electrons. The number of nitrogens with two attached hydrogens (primary N) is 1. The van der Waals surface area contributed by atoms with Gasteiger partial charge in [-0.1, -0.05) is 30.3 Å². The first-order chi connectivity index (χ1) is 8.69. The fourth-order valence-electron chi connectivity index (χ4n) is 2.15. The molecule has 1 saturated heterocycles. The van der Waals surface area contributed by atoms with Gasteiger partial charge in [0, 0.05) is 26.2 Å². The van der Waals surface area contributed by atoms with Gasteiger partial charge < -0.3 is 15.6 Å². The Morgan fingerprint density at radius 3 is 2.72 bits per heavy atom. The second-order valence-corrected chi connectivity index (χ2v) is 4.50. The van der Waals surface area contributed by atoms with Crippen LogP contribution in [0, 0.1) is 0 Å². The molecular formula is C13H18N2O3. The van der Waals surface area contributed by atoms with Gasteiger partial charge in [-0.15, -0.1) is 0 Å². The molecular weight excluding hydrogens is 232 g/mol. The van der Waals surface area contributed by atoms with Gasteiger partial charge in [0.1, 0.15) is 0 Å². The molecule has 5 nitrogen and oxygen atoms in total. The summed E-state index contributed by atoms with van der Waals surface area (Å²) in [6.45, 7) is 2.15. The van der Waals surface area contributed by atoms with Crippen molar-refractivity contribution in [2.45, 2.75) is 18.8 Å². The number of carbonyl (C=O) groups is 1. The van der Waals surface area contributed by atoms with E-state index in [1.54, 1.807) is 0 Å². The van der Waals surface area contributed by atoms with Crippen LogP contribution in [0.15, 0.2) is 30.3 Å². The van der Waals surface area contributed by atoms with Crippen LogP contribution in [0.3, 0.4) is 0 Å². The number of carboxylic acid groups (broad SMARTS) is 1. The smallest absolute Gasteiger partial charge is 0.334 e. The summed E-state index contributed by atoms with van der Waals surface area (Å²) < 4.78 is 5.40. The third kappa shape index (κ3) is 3.29. The summed E-state index contributed by atoms with van der Waals surface area (Å²) in [5.41, 5.74) is 6.74. The van der Waals surface area contributed by atoms with Crippen LogP contribution >= 0.6 is 0 Å². The van der Waals surface area contributed by atoms with E-state index in [9.17, 15) is 4.79 Å². The molecule has 0 spiro atoms. The molecule has 2 atom stereocenters. The lowest BCUT2D eigenvalue weighted by atomic mass is 10.1. The maximum Gasteiger partial charge on any atom is 0.334 e. The standard InChI is InChI=1S/C13H18N2O3/c14-6-11-8-15(9-12(18-11)13(16)17)7-10-4-2-1-3-5-10/h1-5,11-12H,6-9,14H2,(H,16,17)/t11-,12+/m1/s1. The molecule has 18 heavy (non-hydrogen) atoms. The molecule has 2 rings (SSSR count). The molecule has 1 aliphatic heterocycles. The Labute approximate surface area is 106 Å². The van der Waals surface area contributed by atoms with Gasteiger partial charge in [-0.3, -0.25) is 4.90 Å². The van der Waals surface area contributed by atoms with E-state index >= 15 is 0 Å². The van der Waals surface area contributed by atoms with Gasteiger partial charge in [0.2, 0.25) is 0 Å². The highest BCUT2D eigenvalue weighted by atomic mass is 16.5. The highest BCUT2D eigenvalue weighted by Gasteiger charge is 2.31. The van der Waals surface area contributed by atoms with E-state index in [1.807, 2.05) is 30.3 Å². The van der Waals surface area contributed by atoms with Crippen molar-refractivity contribution < 1.29 is 14.6 Å². The zero-order valence-corrected chi connectivity index (χ0v) is 10.2. The second kappa shape index (κ2) is 5.95. The van der Waals surface area contributed by atoms with Crippen LogP contribution in [0.2, 0.25) is 0 Å². The van der Waals surface area contributed by atoms with Crippen molar-refractivity contribution in [2.24, 2.45) is 5.73 Å². The molecule has 0 amide bonds. The van der Waals surface area contributed by atoms with Crippen molar-refractivity contribution in [3.63, 3.8) is 0 Å². The molecule has 1 aromatic carbocycles. The van der Waals surface area contributed by atoms with Crippen LogP contribution in [0.4, 0.5) is 0 Å². The van der Waals surface area contributed by atoms with Crippen molar-refractivity contribution >= 4 is 5.97 Å². The Morgan fingerprint density at radius 1 is 1.39 bits per heavy atom. The maximum absolute atomic E-state index is 11.0. The van der Waals surface area contributed by atoms with Gasteiger partial charge in [0.25, 0.3) is 0 Å². The highest BCUT2D eigenvalue weighted by molar-refractivity contribution is 5.72. The minimum atomic E-state index is -0.925. The van der Waals surface area contributed by atoms with E-state index in [-0.39, 0.29) is 6.10 Å². The highest BCUT2D eigenvalue weighted by Crippen LogP contribution is 2.14. The largest absolute Gasteiger partial charge is 0.479 e. The normalized spacial score (nSPS) is 24.9. The minimum absolute atomic E-state index is 0.205. The lowest BCUT2D eigenvalue weighted by Gasteiger charge is -2.35. The average Bonchev–Trinajstić information content (AvgIpc) is 2.39. The minimum Gasteiger partial charge on any atom is -0.479 e. The van der Waals surface area contributed by atoms with E-state index in [2.05, 4.69) is 4.90 Å². The molecule has 98 valence electrons. The topological polar surface area (TPSA) is 75.8 Å². The van der Waals surface area contributed by atoms with Crippen molar-refractivity contribution in [3.8, 4) is 0 Å². The van der Waals surface area contributed by atoms with Gasteiger partial charge in [0.05, 0.1) is 6.10 Å². The summed E-state index contributed by atoms with van der Waals surface area (Å²) >= 11 is 0. The van der Waals surface area contributed by atoms with Crippen molar-refractivity contribution in [3.05, 3.63) is 35.9 Å². The molecule has 5 heteroatoms. The molecule has 1 fully saturated rings. The van der Waals surface area contributed by atoms with Gasteiger partial charge in [-0.05, 0) is 5.56 Å². The van der Waals surface area contributed by atoms with Gasteiger partial charge >= 0.3 is 5.97 Å². The molecule has 3 N–H and O–H groups in total. The molecule has 0 aromatic heterocycles. The van der Waals surface area contributed by atoms with Crippen molar-refractivity contribution in [1.29, 1.82) is 0 Å². The fourth-order valence-corrected chi connectivity index (χ4v) is 2.15. The van der Waals surface area contributed by atoms with Gasteiger partial charge in [-0.2, -0.15) is 0 Å². The summed E-state index contributed by atoms with van der Waals surface area (Å²) in [6, 6.07) is 9.98. The van der Waals surface area contributed by atoms with Crippen LogP contribution in [0.1, 0.15) is 5.56 Å². The van der Waals surface area contributed by atoms with Crippen LogP contribution in [0.25, 0.3) is 0 Å². The first kappa shape index (κ1) is 13.0. The van der Waals surface area contributed by atoms with Crippen LogP contribution in [-0.4, -0.2) is 47.8 Å². The monoisotopic (exact) mass is 250 g/mol. The van der Waals surface area contributed by atoms with Crippen LogP contribution in [0.5, 0.6) is 0 Å². The number of benzene rings is 1. The number of morpholine rings is 1. The number of carboxylic acids is 1. The van der Waals surface area contributed by atoms with Crippen LogP contribution < -0.4 is 5.73 Å². The molecule has 0 unspecified atom stereocenters. The summed E-state index contributed by atoms with van der Waals surface area (Å²) in [5.74, 6) is -0.925. The van der Waals surface area contributed by atoms with Gasteiger partial charge in [-0.25, -0.2) is 4.79 Å². The number of hydrogen-bond acceptors (Lipinski definition) is 4. The average molecular weight is 250 g/mol. The lowest BCUT2D eigenvalue weighted by Crippen LogP contribution is -2.52. The molecule has 1 aliphatic rings. The Balaban J connectivity index is 2.01. The van der Waals surface area contributed by atoms with Crippen molar-refractivity contribution in [1.82, 2.24) is 4.90 Å². The molecule has 1 heterocycles. The lowest BCUT2D eigenvalue weighted by molar-refractivity contribution is -0.163. The van der Waals surface area contributed by atoms with Gasteiger partial charge in [0.15, 0.2) is 6.10 Å². The van der Waals surface area contributed by atoms with E-state index < -0.39 is 12.1 Å². The predicted octanol–water partition coefficient (Wildman–Crippen LogP) is 0.299. The zero-order valence-electron chi connectivity index (χ0n) is 10.2. The number of ether oxygens (including phenoxy) is 1. The van der Waals surface area contributed by atoms with E-state index in [0.29, 0.717) is 19.6 Å². The van der Waals surface area contributed by atoms with Crippen molar-refractivity contribution in [2.75, 3.05) is 19.6 Å².